The lowest BCUT2D eigenvalue weighted by atomic mass is 10.0. The van der Waals surface area contributed by atoms with Crippen LogP contribution in [-0.2, 0) is 21.2 Å². The van der Waals surface area contributed by atoms with E-state index in [2.05, 4.69) is 10.0 Å². The highest BCUT2D eigenvalue weighted by molar-refractivity contribution is 7.92. The fourth-order valence-electron chi connectivity index (χ4n) is 3.41. The number of hydrogen-bond acceptors (Lipinski definition) is 6. The summed E-state index contributed by atoms with van der Waals surface area (Å²) in [6.07, 6.45) is -0.252. The fourth-order valence-corrected chi connectivity index (χ4v) is 4.53. The monoisotopic (exact) mass is 534 g/mol. The zero-order valence-electron chi connectivity index (χ0n) is 20.1. The molecular weight excluding hydrogens is 510 g/mol. The summed E-state index contributed by atoms with van der Waals surface area (Å²) in [6, 6.07) is 8.95. The predicted molar refractivity (Wildman–Crippen MR) is 131 cm³/mol. The van der Waals surface area contributed by atoms with E-state index >= 15 is 0 Å². The molecule has 3 N–H and O–H groups in total. The van der Waals surface area contributed by atoms with E-state index in [1.807, 2.05) is 0 Å². The molecule has 3 rings (SSSR count). The van der Waals surface area contributed by atoms with Crippen LogP contribution in [0.15, 0.2) is 53.4 Å². The molecule has 0 spiro atoms. The van der Waals surface area contributed by atoms with Gasteiger partial charge in [0.15, 0.2) is 17.2 Å². The standard InChI is InChI=1S/C25H24F2N2O7S/c1-4-28-25(32)15-5-7-20(36-22-9-14(2)16(12-24(30)31)11-21(22)35-3)19(10-15)29-37(33,34)23-8-6-17(26)13-18(23)27/h5-11,13,29H,4,12H2,1-3H3,(H,28,32)(H,30,31). The molecule has 0 saturated heterocycles. The number of carboxylic acids is 1. The van der Waals surface area contributed by atoms with Gasteiger partial charge in [0.05, 0.1) is 19.2 Å². The van der Waals surface area contributed by atoms with Crippen molar-refractivity contribution in [2.24, 2.45) is 0 Å². The number of halogens is 2. The van der Waals surface area contributed by atoms with Crippen LogP contribution in [-0.4, -0.2) is 39.1 Å². The number of sulfonamides is 1. The Labute approximate surface area is 212 Å². The molecule has 12 heteroatoms. The number of aliphatic carboxylic acids is 1. The maximum atomic E-state index is 14.3. The van der Waals surface area contributed by atoms with Crippen LogP contribution in [0, 0.1) is 18.6 Å². The Morgan fingerprint density at radius 2 is 1.73 bits per heavy atom. The van der Waals surface area contributed by atoms with Crippen molar-refractivity contribution in [3.8, 4) is 17.2 Å². The SMILES string of the molecule is CCNC(=O)c1ccc(Oc2cc(C)c(CC(=O)O)cc2OC)c(NS(=O)(=O)c2ccc(F)cc2F)c1. The van der Waals surface area contributed by atoms with Crippen LogP contribution in [0.4, 0.5) is 14.5 Å². The zero-order chi connectivity index (χ0) is 27.3. The molecule has 0 unspecified atom stereocenters. The second kappa shape index (κ2) is 11.2. The van der Waals surface area contributed by atoms with Gasteiger partial charge in [-0.15, -0.1) is 0 Å². The van der Waals surface area contributed by atoms with E-state index in [4.69, 9.17) is 14.6 Å². The van der Waals surface area contributed by atoms with Gasteiger partial charge in [-0.2, -0.15) is 0 Å². The molecule has 0 atom stereocenters. The zero-order valence-corrected chi connectivity index (χ0v) is 20.9. The topological polar surface area (TPSA) is 131 Å². The minimum atomic E-state index is -4.57. The van der Waals surface area contributed by atoms with Gasteiger partial charge < -0.3 is 19.9 Å². The van der Waals surface area contributed by atoms with Crippen LogP contribution < -0.4 is 19.5 Å². The molecule has 0 radical (unpaired) electrons. The second-order valence-electron chi connectivity index (χ2n) is 7.85. The number of amides is 1. The number of ether oxygens (including phenoxy) is 2. The van der Waals surface area contributed by atoms with Crippen molar-refractivity contribution >= 4 is 27.6 Å². The molecule has 0 aromatic heterocycles. The summed E-state index contributed by atoms with van der Waals surface area (Å²) < 4.78 is 66.9. The van der Waals surface area contributed by atoms with E-state index in [1.54, 1.807) is 13.8 Å². The highest BCUT2D eigenvalue weighted by atomic mass is 32.2. The lowest BCUT2D eigenvalue weighted by Gasteiger charge is -2.18. The van der Waals surface area contributed by atoms with Gasteiger partial charge in [-0.3, -0.25) is 14.3 Å². The second-order valence-corrected chi connectivity index (χ2v) is 9.50. The largest absolute Gasteiger partial charge is 0.493 e. The Morgan fingerprint density at radius 3 is 2.35 bits per heavy atom. The molecule has 9 nitrogen and oxygen atoms in total. The van der Waals surface area contributed by atoms with Crippen molar-refractivity contribution < 1.29 is 41.4 Å². The minimum Gasteiger partial charge on any atom is -0.493 e. The summed E-state index contributed by atoms with van der Waals surface area (Å²) in [5.41, 5.74) is 0.942. The summed E-state index contributed by atoms with van der Waals surface area (Å²) in [4.78, 5) is 22.7. The minimum absolute atomic E-state index is 0.0668. The van der Waals surface area contributed by atoms with E-state index in [1.165, 1.54) is 37.4 Å². The molecule has 0 aliphatic carbocycles. The summed E-state index contributed by atoms with van der Waals surface area (Å²) >= 11 is 0. The van der Waals surface area contributed by atoms with Gasteiger partial charge >= 0.3 is 5.97 Å². The first-order valence-corrected chi connectivity index (χ1v) is 12.4. The number of aryl methyl sites for hydroxylation is 1. The maximum absolute atomic E-state index is 14.3. The van der Waals surface area contributed by atoms with E-state index in [-0.39, 0.29) is 34.9 Å². The Bertz CT molecular complexity index is 1460. The molecule has 0 fully saturated rings. The summed E-state index contributed by atoms with van der Waals surface area (Å²) in [5.74, 6) is -3.55. The molecule has 3 aromatic carbocycles. The molecule has 0 bridgehead atoms. The van der Waals surface area contributed by atoms with Crippen LogP contribution in [0.5, 0.6) is 17.2 Å². The Balaban J connectivity index is 2.08. The molecule has 0 aliphatic heterocycles. The van der Waals surface area contributed by atoms with Gasteiger partial charge in [0, 0.05) is 18.2 Å². The average Bonchev–Trinajstić information content (AvgIpc) is 2.81. The molecule has 0 aliphatic rings. The number of carbonyl (C=O) groups is 2. The van der Waals surface area contributed by atoms with Crippen molar-refractivity contribution in [2.45, 2.75) is 25.2 Å². The summed E-state index contributed by atoms with van der Waals surface area (Å²) in [5, 5.41) is 11.7. The number of carboxylic acid groups (broad SMARTS) is 1. The van der Waals surface area contributed by atoms with Gasteiger partial charge in [0.2, 0.25) is 0 Å². The maximum Gasteiger partial charge on any atom is 0.307 e. The third kappa shape index (κ3) is 6.53. The first kappa shape index (κ1) is 27.4. The van der Waals surface area contributed by atoms with Crippen molar-refractivity contribution in [1.29, 1.82) is 0 Å². The van der Waals surface area contributed by atoms with Crippen LogP contribution in [0.3, 0.4) is 0 Å². The van der Waals surface area contributed by atoms with Crippen molar-refractivity contribution in [1.82, 2.24) is 5.32 Å². The van der Waals surface area contributed by atoms with E-state index < -0.39 is 38.4 Å². The normalized spacial score (nSPS) is 11.1. The Kier molecular flexibility index (Phi) is 8.33. The summed E-state index contributed by atoms with van der Waals surface area (Å²) in [6.45, 7) is 3.70. The number of anilines is 1. The quantitative estimate of drug-likeness (QED) is 0.354. The molecule has 0 heterocycles. The first-order valence-electron chi connectivity index (χ1n) is 10.9. The summed E-state index contributed by atoms with van der Waals surface area (Å²) in [7, 11) is -3.23. The Morgan fingerprint density at radius 1 is 1.00 bits per heavy atom. The van der Waals surface area contributed by atoms with Gasteiger partial charge in [-0.05, 0) is 67.4 Å². The van der Waals surface area contributed by atoms with Crippen LogP contribution in [0.1, 0.15) is 28.4 Å². The lowest BCUT2D eigenvalue weighted by molar-refractivity contribution is -0.136. The van der Waals surface area contributed by atoms with E-state index in [0.717, 1.165) is 12.1 Å². The molecule has 37 heavy (non-hydrogen) atoms. The van der Waals surface area contributed by atoms with Gasteiger partial charge in [0.25, 0.3) is 15.9 Å². The number of benzene rings is 3. The third-order valence-corrected chi connectivity index (χ3v) is 6.59. The van der Waals surface area contributed by atoms with E-state index in [9.17, 15) is 26.8 Å². The van der Waals surface area contributed by atoms with Gasteiger partial charge in [-0.1, -0.05) is 0 Å². The molecule has 196 valence electrons. The highest BCUT2D eigenvalue weighted by Gasteiger charge is 2.23. The Hall–Kier alpha value is -4.19. The number of methoxy groups -OCH3 is 1. The number of rotatable bonds is 10. The first-order chi connectivity index (χ1) is 17.4. The van der Waals surface area contributed by atoms with Crippen molar-refractivity contribution in [3.63, 3.8) is 0 Å². The average molecular weight is 535 g/mol. The molecule has 1 amide bonds. The number of nitrogens with one attached hydrogen (secondary N) is 2. The predicted octanol–water partition coefficient (Wildman–Crippen LogP) is 4.25. The van der Waals surface area contributed by atoms with Crippen molar-refractivity contribution in [2.75, 3.05) is 18.4 Å². The molecule has 0 saturated carbocycles. The van der Waals surface area contributed by atoms with Crippen molar-refractivity contribution in [3.05, 3.63) is 76.9 Å². The number of carbonyl (C=O) groups excluding carboxylic acids is 1. The number of hydrogen-bond donors (Lipinski definition) is 3. The van der Waals surface area contributed by atoms with Gasteiger partial charge in [-0.25, -0.2) is 17.2 Å². The molecular formula is C25H24F2N2O7S. The highest BCUT2D eigenvalue weighted by Crippen LogP contribution is 2.38. The molecule has 3 aromatic rings. The lowest BCUT2D eigenvalue weighted by Crippen LogP contribution is -2.23. The third-order valence-electron chi connectivity index (χ3n) is 5.19. The van der Waals surface area contributed by atoms with E-state index in [0.29, 0.717) is 23.7 Å². The smallest absolute Gasteiger partial charge is 0.307 e. The van der Waals surface area contributed by atoms with Crippen LogP contribution in [0.25, 0.3) is 0 Å². The van der Waals surface area contributed by atoms with Crippen LogP contribution in [0.2, 0.25) is 0 Å². The van der Waals surface area contributed by atoms with Crippen LogP contribution >= 0.6 is 0 Å². The van der Waals surface area contributed by atoms with Gasteiger partial charge in [0.1, 0.15) is 16.5 Å². The fraction of sp³-hybridized carbons (Fsp3) is 0.200.